The molecule has 8 heteroatoms. The molecule has 2 aromatic rings. The fourth-order valence-electron chi connectivity index (χ4n) is 3.87. The van der Waals surface area contributed by atoms with Crippen LogP contribution >= 0.6 is 0 Å². The molecule has 1 saturated heterocycles. The van der Waals surface area contributed by atoms with E-state index in [4.69, 9.17) is 9.47 Å². The number of hydrogen-bond acceptors (Lipinski definition) is 8. The Balaban J connectivity index is 2.18. The van der Waals surface area contributed by atoms with Crippen molar-refractivity contribution in [3.05, 3.63) is 60.2 Å². The van der Waals surface area contributed by atoms with Gasteiger partial charge in [-0.05, 0) is 42.4 Å². The summed E-state index contributed by atoms with van der Waals surface area (Å²) in [6.45, 7) is 0. The van der Waals surface area contributed by atoms with Gasteiger partial charge in [-0.2, -0.15) is 0 Å². The van der Waals surface area contributed by atoms with E-state index in [2.05, 4.69) is 9.97 Å². The van der Waals surface area contributed by atoms with Crippen molar-refractivity contribution in [2.24, 2.45) is 11.8 Å². The van der Waals surface area contributed by atoms with E-state index >= 15 is 0 Å². The van der Waals surface area contributed by atoms with Crippen LogP contribution in [0.2, 0.25) is 0 Å². The number of ketones is 1. The number of methoxy groups -OCH3 is 2. The van der Waals surface area contributed by atoms with Gasteiger partial charge in [-0.1, -0.05) is 0 Å². The van der Waals surface area contributed by atoms with Crippen LogP contribution in [0.3, 0.4) is 0 Å². The highest BCUT2D eigenvalue weighted by Crippen LogP contribution is 2.45. The maximum absolute atomic E-state index is 13.4. The second kappa shape index (κ2) is 8.26. The average Bonchev–Trinajstić information content (AvgIpc) is 2.74. The minimum atomic E-state index is -1.17. The van der Waals surface area contributed by atoms with Crippen molar-refractivity contribution in [2.45, 2.75) is 12.1 Å². The third kappa shape index (κ3) is 3.38. The first-order valence-electron chi connectivity index (χ1n) is 8.72. The van der Waals surface area contributed by atoms with E-state index in [0.29, 0.717) is 0 Å². The van der Waals surface area contributed by atoms with E-state index < -0.39 is 41.6 Å². The van der Waals surface area contributed by atoms with Crippen molar-refractivity contribution >= 4 is 17.7 Å². The fraction of sp³-hybridized carbons (Fsp3) is 0.350. The van der Waals surface area contributed by atoms with Gasteiger partial charge in [-0.15, -0.1) is 0 Å². The predicted octanol–water partition coefficient (Wildman–Crippen LogP) is 1.35. The van der Waals surface area contributed by atoms with Gasteiger partial charge >= 0.3 is 11.9 Å². The summed E-state index contributed by atoms with van der Waals surface area (Å²) in [6.07, 6.45) is 6.37. The molecule has 0 aromatic carbocycles. The lowest BCUT2D eigenvalue weighted by Crippen LogP contribution is -2.54. The molecule has 0 N–H and O–H groups in total. The number of Topliss-reactive ketones (excluding diaryl/α,β-unsaturated/α-hetero) is 1. The smallest absolute Gasteiger partial charge is 0.318 e. The topological polar surface area (TPSA) is 98.7 Å². The Kier molecular flexibility index (Phi) is 5.79. The highest BCUT2D eigenvalue weighted by Gasteiger charge is 2.54. The summed E-state index contributed by atoms with van der Waals surface area (Å²) in [7, 11) is 4.22. The average molecular weight is 383 g/mol. The van der Waals surface area contributed by atoms with Gasteiger partial charge < -0.3 is 9.47 Å². The quantitative estimate of drug-likeness (QED) is 0.576. The molecule has 8 nitrogen and oxygen atoms in total. The van der Waals surface area contributed by atoms with Gasteiger partial charge in [0.05, 0.1) is 26.3 Å². The molecule has 1 aliphatic heterocycles. The summed E-state index contributed by atoms with van der Waals surface area (Å²) in [6, 6.07) is 5.72. The van der Waals surface area contributed by atoms with Crippen molar-refractivity contribution in [3.8, 4) is 0 Å². The molecule has 4 unspecified atom stereocenters. The molecule has 4 atom stereocenters. The van der Waals surface area contributed by atoms with Crippen LogP contribution in [0.1, 0.15) is 23.2 Å². The molecule has 1 aliphatic rings. The lowest BCUT2D eigenvalue weighted by molar-refractivity contribution is -0.167. The Hall–Kier alpha value is -3.13. The molecule has 3 heterocycles. The van der Waals surface area contributed by atoms with Crippen molar-refractivity contribution in [2.75, 3.05) is 21.3 Å². The zero-order valence-corrected chi connectivity index (χ0v) is 15.8. The molecule has 1 fully saturated rings. The SMILES string of the molecule is COC(=O)C1C(=O)C(C(=O)OC)C(c2ccncc2)N(C)C1c1ccncc1. The van der Waals surface area contributed by atoms with Crippen LogP contribution in [-0.4, -0.2) is 53.9 Å². The van der Waals surface area contributed by atoms with E-state index in [-0.39, 0.29) is 0 Å². The monoisotopic (exact) mass is 383 g/mol. The number of rotatable bonds is 4. The number of carbonyl (C=O) groups is 3. The summed E-state index contributed by atoms with van der Waals surface area (Å²) < 4.78 is 9.80. The number of aromatic nitrogens is 2. The van der Waals surface area contributed by atoms with E-state index in [9.17, 15) is 14.4 Å². The lowest BCUT2D eigenvalue weighted by atomic mass is 9.73. The van der Waals surface area contributed by atoms with Gasteiger partial charge in [0.15, 0.2) is 5.78 Å². The number of nitrogens with zero attached hydrogens (tertiary/aromatic N) is 3. The van der Waals surface area contributed by atoms with Crippen LogP contribution in [0.5, 0.6) is 0 Å². The van der Waals surface area contributed by atoms with Gasteiger partial charge in [-0.25, -0.2) is 0 Å². The molecule has 0 spiro atoms. The van der Waals surface area contributed by atoms with Crippen LogP contribution in [-0.2, 0) is 23.9 Å². The van der Waals surface area contributed by atoms with Gasteiger partial charge in [-0.3, -0.25) is 29.3 Å². The molecule has 0 saturated carbocycles. The molecule has 0 radical (unpaired) electrons. The van der Waals surface area contributed by atoms with Crippen LogP contribution in [0.25, 0.3) is 0 Å². The highest BCUT2D eigenvalue weighted by atomic mass is 16.5. The Morgan fingerprint density at radius 3 is 1.50 bits per heavy atom. The second-order valence-electron chi connectivity index (χ2n) is 6.52. The number of esters is 2. The molecule has 0 amide bonds. The van der Waals surface area contributed by atoms with E-state index in [1.54, 1.807) is 56.1 Å². The molecular weight excluding hydrogens is 362 g/mol. The highest BCUT2D eigenvalue weighted by molar-refractivity contribution is 6.10. The third-order valence-electron chi connectivity index (χ3n) is 5.13. The molecular formula is C20H21N3O5. The van der Waals surface area contributed by atoms with Crippen molar-refractivity contribution in [1.29, 1.82) is 0 Å². The van der Waals surface area contributed by atoms with E-state index in [1.807, 2.05) is 4.90 Å². The summed E-state index contributed by atoms with van der Waals surface area (Å²) in [5.41, 5.74) is 1.45. The van der Waals surface area contributed by atoms with Crippen LogP contribution in [0, 0.1) is 11.8 Å². The second-order valence-corrected chi connectivity index (χ2v) is 6.52. The maximum Gasteiger partial charge on any atom is 0.318 e. The summed E-state index contributed by atoms with van der Waals surface area (Å²) in [5.74, 6) is -4.25. The molecule has 3 rings (SSSR count). The Morgan fingerprint density at radius 1 is 0.821 bits per heavy atom. The van der Waals surface area contributed by atoms with Gasteiger partial charge in [0, 0.05) is 24.8 Å². The molecule has 2 aromatic heterocycles. The molecule has 146 valence electrons. The number of hydrogen-bond donors (Lipinski definition) is 0. The standard InChI is InChI=1S/C20H21N3O5/c1-23-16(12-4-8-21-9-5-12)14(19(25)27-2)18(24)15(20(26)28-3)17(23)13-6-10-22-11-7-13/h4-11,14-17H,1-3H3. The van der Waals surface area contributed by atoms with Crippen molar-refractivity contribution in [1.82, 2.24) is 14.9 Å². The first kappa shape index (κ1) is 19.6. The molecule has 0 bridgehead atoms. The minimum absolute atomic E-state index is 0.527. The Labute approximate surface area is 162 Å². The summed E-state index contributed by atoms with van der Waals surface area (Å²) >= 11 is 0. The Bertz CT molecular complexity index is 789. The molecule has 28 heavy (non-hydrogen) atoms. The first-order chi connectivity index (χ1) is 13.5. The largest absolute Gasteiger partial charge is 0.468 e. The lowest BCUT2D eigenvalue weighted by Gasteiger charge is -2.45. The van der Waals surface area contributed by atoms with E-state index in [0.717, 1.165) is 11.1 Å². The van der Waals surface area contributed by atoms with Crippen molar-refractivity contribution in [3.63, 3.8) is 0 Å². The number of ether oxygens (including phenoxy) is 2. The summed E-state index contributed by atoms with van der Waals surface area (Å²) in [5, 5.41) is 0. The first-order valence-corrected chi connectivity index (χ1v) is 8.72. The van der Waals surface area contributed by atoms with Gasteiger partial charge in [0.1, 0.15) is 11.8 Å². The third-order valence-corrected chi connectivity index (χ3v) is 5.13. The van der Waals surface area contributed by atoms with E-state index in [1.165, 1.54) is 14.2 Å². The van der Waals surface area contributed by atoms with Crippen molar-refractivity contribution < 1.29 is 23.9 Å². The van der Waals surface area contributed by atoms with Crippen LogP contribution in [0.4, 0.5) is 0 Å². The van der Waals surface area contributed by atoms with Crippen LogP contribution < -0.4 is 0 Å². The number of carbonyl (C=O) groups excluding carboxylic acids is 3. The number of likely N-dealkylation sites (tertiary alicyclic amines) is 1. The molecule has 0 aliphatic carbocycles. The van der Waals surface area contributed by atoms with Gasteiger partial charge in [0.2, 0.25) is 0 Å². The fourth-order valence-corrected chi connectivity index (χ4v) is 3.87. The predicted molar refractivity (Wildman–Crippen MR) is 97.7 cm³/mol. The normalized spacial score (nSPS) is 25.2. The summed E-state index contributed by atoms with van der Waals surface area (Å²) in [4.78, 5) is 48.4. The number of piperidine rings is 1. The number of pyridine rings is 2. The maximum atomic E-state index is 13.4. The van der Waals surface area contributed by atoms with Crippen LogP contribution in [0.15, 0.2) is 49.1 Å². The zero-order chi connectivity index (χ0) is 20.3. The minimum Gasteiger partial charge on any atom is -0.468 e. The Morgan fingerprint density at radius 2 is 1.18 bits per heavy atom. The van der Waals surface area contributed by atoms with Gasteiger partial charge in [0.25, 0.3) is 0 Å². The zero-order valence-electron chi connectivity index (χ0n) is 15.8.